The molecule has 0 saturated carbocycles. The molecule has 0 aromatic carbocycles. The van der Waals surface area contributed by atoms with Crippen molar-refractivity contribution in [3.63, 3.8) is 0 Å². The Bertz CT molecular complexity index is 665. The first kappa shape index (κ1) is 17.5. The van der Waals surface area contributed by atoms with Gasteiger partial charge in [-0.1, -0.05) is 11.8 Å². The first-order valence-corrected chi connectivity index (χ1v) is 8.78. The molecule has 0 N–H and O–H groups in total. The maximum absolute atomic E-state index is 11.8. The highest BCUT2D eigenvalue weighted by atomic mass is 32.2. The number of nitrogens with zero attached hydrogens (tertiary/aromatic N) is 2. The van der Waals surface area contributed by atoms with E-state index < -0.39 is 5.97 Å². The monoisotopic (exact) mass is 332 g/mol. The number of esters is 1. The van der Waals surface area contributed by atoms with Gasteiger partial charge >= 0.3 is 5.97 Å². The molecule has 5 nitrogen and oxygen atoms in total. The third-order valence-corrected chi connectivity index (χ3v) is 4.85. The average Bonchev–Trinajstić information content (AvgIpc) is 2.53. The minimum absolute atomic E-state index is 0.124. The summed E-state index contributed by atoms with van der Waals surface area (Å²) in [6, 6.07) is 2.25. The predicted molar refractivity (Wildman–Crippen MR) is 87.3 cm³/mol. The zero-order chi connectivity index (χ0) is 16.8. The molecule has 0 spiro atoms. The Hall–Kier alpha value is -1.87. The summed E-state index contributed by atoms with van der Waals surface area (Å²) in [6.07, 6.45) is 3.84. The average molecular weight is 332 g/mol. The van der Waals surface area contributed by atoms with E-state index in [2.05, 4.69) is 11.1 Å². The molecule has 1 aromatic rings. The van der Waals surface area contributed by atoms with Crippen LogP contribution in [-0.2, 0) is 27.2 Å². The number of ether oxygens (including phenoxy) is 1. The second kappa shape index (κ2) is 8.11. The van der Waals surface area contributed by atoms with Crippen molar-refractivity contribution >= 4 is 23.5 Å². The molecular formula is C17H20N2O3S. The molecule has 0 bridgehead atoms. The standard InChI is InChI=1S/C17H20N2O3S/c1-3-22-16(21)8-12(20)10-23-17-15(9-18)14-7-5-4-6-13(14)11(2)19-17/h3-8,10H2,1-2H3. The van der Waals surface area contributed by atoms with E-state index in [4.69, 9.17) is 4.74 Å². The molecule has 1 aromatic heterocycles. The van der Waals surface area contributed by atoms with Crippen molar-refractivity contribution in [3.05, 3.63) is 22.4 Å². The fourth-order valence-electron chi connectivity index (χ4n) is 2.78. The van der Waals surface area contributed by atoms with E-state index in [9.17, 15) is 14.9 Å². The lowest BCUT2D eigenvalue weighted by Crippen LogP contribution is -2.14. The van der Waals surface area contributed by atoms with Gasteiger partial charge in [-0.3, -0.25) is 9.59 Å². The smallest absolute Gasteiger partial charge is 0.313 e. The number of fused-ring (bicyclic) bond motifs is 1. The second-order valence-corrected chi connectivity index (χ2v) is 6.43. The van der Waals surface area contributed by atoms with Crippen molar-refractivity contribution < 1.29 is 14.3 Å². The molecule has 0 radical (unpaired) electrons. The van der Waals surface area contributed by atoms with Gasteiger partial charge < -0.3 is 4.74 Å². The Morgan fingerprint density at radius 1 is 1.30 bits per heavy atom. The van der Waals surface area contributed by atoms with E-state index in [-0.39, 0.29) is 24.6 Å². The van der Waals surface area contributed by atoms with E-state index in [1.54, 1.807) is 6.92 Å². The van der Waals surface area contributed by atoms with E-state index >= 15 is 0 Å². The van der Waals surface area contributed by atoms with Crippen molar-refractivity contribution in [2.45, 2.75) is 51.0 Å². The number of thioether (sulfide) groups is 1. The van der Waals surface area contributed by atoms with Crippen molar-refractivity contribution in [3.8, 4) is 6.07 Å². The third kappa shape index (κ3) is 4.32. The van der Waals surface area contributed by atoms with Crippen LogP contribution in [0.5, 0.6) is 0 Å². The van der Waals surface area contributed by atoms with Crippen molar-refractivity contribution in [2.75, 3.05) is 12.4 Å². The van der Waals surface area contributed by atoms with Gasteiger partial charge in [0.1, 0.15) is 17.5 Å². The van der Waals surface area contributed by atoms with E-state index in [1.807, 2.05) is 6.92 Å². The van der Waals surface area contributed by atoms with Gasteiger partial charge in [0.15, 0.2) is 5.78 Å². The van der Waals surface area contributed by atoms with Crippen molar-refractivity contribution in [1.82, 2.24) is 4.98 Å². The zero-order valence-corrected chi connectivity index (χ0v) is 14.3. The van der Waals surface area contributed by atoms with Crippen LogP contribution in [0.25, 0.3) is 0 Å². The van der Waals surface area contributed by atoms with Gasteiger partial charge in [-0.25, -0.2) is 4.98 Å². The molecule has 122 valence electrons. The molecule has 0 unspecified atom stereocenters. The summed E-state index contributed by atoms with van der Waals surface area (Å²) >= 11 is 1.24. The number of pyridine rings is 1. The lowest BCUT2D eigenvalue weighted by molar-refractivity contribution is -0.145. The Morgan fingerprint density at radius 2 is 2.00 bits per heavy atom. The second-order valence-electron chi connectivity index (χ2n) is 5.46. The number of aromatic nitrogens is 1. The molecule has 0 atom stereocenters. The summed E-state index contributed by atoms with van der Waals surface area (Å²) in [5.41, 5.74) is 3.82. The van der Waals surface area contributed by atoms with Gasteiger partial charge in [-0.2, -0.15) is 5.26 Å². The zero-order valence-electron chi connectivity index (χ0n) is 13.5. The predicted octanol–water partition coefficient (Wildman–Crippen LogP) is 2.75. The maximum Gasteiger partial charge on any atom is 0.313 e. The van der Waals surface area contributed by atoms with Crippen molar-refractivity contribution in [2.24, 2.45) is 0 Å². The Kier molecular flexibility index (Phi) is 6.17. The number of carbonyl (C=O) groups excluding carboxylic acids is 2. The number of Topliss-reactive ketones (excluding diaryl/α,β-unsaturated/α-hetero) is 1. The summed E-state index contributed by atoms with van der Waals surface area (Å²) in [4.78, 5) is 27.7. The van der Waals surface area contributed by atoms with Gasteiger partial charge in [0.25, 0.3) is 0 Å². The van der Waals surface area contributed by atoms with Crippen molar-refractivity contribution in [1.29, 1.82) is 5.26 Å². The highest BCUT2D eigenvalue weighted by Gasteiger charge is 2.21. The van der Waals surface area contributed by atoms with Crippen LogP contribution in [0.1, 0.15) is 48.6 Å². The van der Waals surface area contributed by atoms with Crippen LogP contribution >= 0.6 is 11.8 Å². The molecule has 0 amide bonds. The van der Waals surface area contributed by atoms with Gasteiger partial charge in [-0.05, 0) is 50.7 Å². The quantitative estimate of drug-likeness (QED) is 0.453. The first-order valence-electron chi connectivity index (χ1n) is 7.79. The molecular weight excluding hydrogens is 312 g/mol. The van der Waals surface area contributed by atoms with Crippen LogP contribution in [0, 0.1) is 18.3 Å². The molecule has 1 aliphatic rings. The molecule has 0 saturated heterocycles. The number of ketones is 1. The highest BCUT2D eigenvalue weighted by molar-refractivity contribution is 8.00. The Balaban J connectivity index is 2.11. The SMILES string of the molecule is CCOC(=O)CC(=O)CSc1nc(C)c2c(c1C#N)CCCC2. The molecule has 2 rings (SSSR count). The largest absolute Gasteiger partial charge is 0.466 e. The van der Waals surface area contributed by atoms with Crippen LogP contribution in [0.2, 0.25) is 0 Å². The normalized spacial score (nSPS) is 13.1. The number of nitriles is 1. The topological polar surface area (TPSA) is 80.1 Å². The van der Waals surface area contributed by atoms with Crippen LogP contribution < -0.4 is 0 Å². The Labute approximate surface area is 140 Å². The van der Waals surface area contributed by atoms with Crippen LogP contribution in [-0.4, -0.2) is 29.1 Å². The summed E-state index contributed by atoms with van der Waals surface area (Å²) in [7, 11) is 0. The van der Waals surface area contributed by atoms with Crippen LogP contribution in [0.3, 0.4) is 0 Å². The lowest BCUT2D eigenvalue weighted by Gasteiger charge is -2.20. The minimum Gasteiger partial charge on any atom is -0.466 e. The lowest BCUT2D eigenvalue weighted by atomic mass is 9.88. The fourth-order valence-corrected chi connectivity index (χ4v) is 3.69. The number of hydrogen-bond acceptors (Lipinski definition) is 6. The summed E-state index contributed by atoms with van der Waals surface area (Å²) < 4.78 is 4.77. The number of aryl methyl sites for hydroxylation is 1. The first-order chi connectivity index (χ1) is 11.1. The van der Waals surface area contributed by atoms with Crippen LogP contribution in [0.15, 0.2) is 5.03 Å². The summed E-state index contributed by atoms with van der Waals surface area (Å²) in [6.45, 7) is 3.93. The molecule has 6 heteroatoms. The molecule has 1 aliphatic carbocycles. The molecule has 23 heavy (non-hydrogen) atoms. The number of carbonyl (C=O) groups is 2. The summed E-state index contributed by atoms with van der Waals surface area (Å²) in [5, 5.41) is 10.1. The van der Waals surface area contributed by atoms with Gasteiger partial charge in [0.2, 0.25) is 0 Å². The van der Waals surface area contributed by atoms with Crippen LogP contribution in [0.4, 0.5) is 0 Å². The van der Waals surface area contributed by atoms with Gasteiger partial charge in [-0.15, -0.1) is 0 Å². The van der Waals surface area contributed by atoms with E-state index in [1.165, 1.54) is 17.3 Å². The highest BCUT2D eigenvalue weighted by Crippen LogP contribution is 2.32. The van der Waals surface area contributed by atoms with E-state index in [0.29, 0.717) is 10.6 Å². The molecule has 0 fully saturated rings. The van der Waals surface area contributed by atoms with Gasteiger partial charge in [0, 0.05) is 5.69 Å². The number of rotatable bonds is 6. The maximum atomic E-state index is 11.8. The fraction of sp³-hybridized carbons (Fsp3) is 0.529. The Morgan fingerprint density at radius 3 is 2.65 bits per heavy atom. The third-order valence-electron chi connectivity index (χ3n) is 3.82. The molecule has 0 aliphatic heterocycles. The van der Waals surface area contributed by atoms with E-state index in [0.717, 1.165) is 36.9 Å². The van der Waals surface area contributed by atoms with Gasteiger partial charge in [0.05, 0.1) is 17.9 Å². The number of hydrogen-bond donors (Lipinski definition) is 0. The summed E-state index contributed by atoms with van der Waals surface area (Å²) in [5.74, 6) is -0.596. The minimum atomic E-state index is -0.506. The molecule has 1 heterocycles.